The van der Waals surface area contributed by atoms with Gasteiger partial charge in [-0.05, 0) is 61.8 Å². The van der Waals surface area contributed by atoms with E-state index in [9.17, 15) is 19.1 Å². The molecule has 3 N–H and O–H groups in total. The first kappa shape index (κ1) is 15.9. The third-order valence-corrected chi connectivity index (χ3v) is 5.22. The third-order valence-electron chi connectivity index (χ3n) is 5.22. The number of aliphatic hydroxyl groups excluding tert-OH is 1. The summed E-state index contributed by atoms with van der Waals surface area (Å²) >= 11 is 0. The van der Waals surface area contributed by atoms with Gasteiger partial charge in [-0.15, -0.1) is 0 Å². The maximum atomic E-state index is 13.2. The molecule has 0 spiro atoms. The molecule has 6 heteroatoms. The van der Waals surface area contributed by atoms with Gasteiger partial charge < -0.3 is 15.7 Å². The summed E-state index contributed by atoms with van der Waals surface area (Å²) in [6.07, 6.45) is 3.13. The maximum Gasteiger partial charge on any atom is 0.313 e. The molecule has 23 heavy (non-hydrogen) atoms. The minimum atomic E-state index is -0.768. The number of halogens is 1. The van der Waals surface area contributed by atoms with Crippen LogP contribution in [0.25, 0.3) is 0 Å². The minimum Gasteiger partial charge on any atom is -0.396 e. The molecular formula is C17H21FN2O3. The number of hydrogen-bond donors (Lipinski definition) is 3. The second-order valence-electron chi connectivity index (χ2n) is 6.60. The summed E-state index contributed by atoms with van der Waals surface area (Å²) in [6, 6.07) is 4.02. The van der Waals surface area contributed by atoms with Gasteiger partial charge in [-0.3, -0.25) is 9.59 Å². The highest BCUT2D eigenvalue weighted by Gasteiger charge is 2.48. The van der Waals surface area contributed by atoms with E-state index in [1.54, 1.807) is 6.92 Å². The number of nitrogens with one attached hydrogen (secondary N) is 2. The zero-order valence-electron chi connectivity index (χ0n) is 13.0. The lowest BCUT2D eigenvalue weighted by atomic mass is 9.85. The predicted octanol–water partition coefficient (Wildman–Crippen LogP) is 1.60. The minimum absolute atomic E-state index is 0.0326. The molecule has 0 aliphatic heterocycles. The zero-order chi connectivity index (χ0) is 16.6. The molecule has 3 rings (SSSR count). The second kappa shape index (κ2) is 6.28. The van der Waals surface area contributed by atoms with Crippen molar-refractivity contribution in [3.63, 3.8) is 0 Å². The fourth-order valence-electron chi connectivity index (χ4n) is 4.03. The monoisotopic (exact) mass is 320 g/mol. The Hall–Kier alpha value is -1.95. The number of rotatable bonds is 3. The molecule has 5 nitrogen and oxygen atoms in total. The van der Waals surface area contributed by atoms with E-state index >= 15 is 0 Å². The summed E-state index contributed by atoms with van der Waals surface area (Å²) in [7, 11) is 0. The van der Waals surface area contributed by atoms with Crippen molar-refractivity contribution in [2.45, 2.75) is 32.2 Å². The van der Waals surface area contributed by atoms with Gasteiger partial charge in [-0.2, -0.15) is 0 Å². The average Bonchev–Trinajstić information content (AvgIpc) is 3.12. The van der Waals surface area contributed by atoms with Gasteiger partial charge in [0, 0.05) is 24.3 Å². The van der Waals surface area contributed by atoms with E-state index < -0.39 is 11.8 Å². The van der Waals surface area contributed by atoms with E-state index in [1.807, 2.05) is 0 Å². The van der Waals surface area contributed by atoms with Crippen molar-refractivity contribution < 1.29 is 19.1 Å². The second-order valence-corrected chi connectivity index (χ2v) is 6.60. The largest absolute Gasteiger partial charge is 0.396 e. The van der Waals surface area contributed by atoms with Gasteiger partial charge in [0.1, 0.15) is 5.82 Å². The molecule has 0 radical (unpaired) electrons. The Balaban J connectivity index is 1.61. The van der Waals surface area contributed by atoms with E-state index in [4.69, 9.17) is 0 Å². The molecule has 0 saturated heterocycles. The van der Waals surface area contributed by atoms with Crippen LogP contribution >= 0.6 is 0 Å². The first-order chi connectivity index (χ1) is 11.0. The van der Waals surface area contributed by atoms with Crippen LogP contribution in [-0.2, 0) is 9.59 Å². The number of hydrogen-bond acceptors (Lipinski definition) is 3. The van der Waals surface area contributed by atoms with E-state index in [0.717, 1.165) is 19.3 Å². The van der Waals surface area contributed by atoms with Crippen LogP contribution in [0.4, 0.5) is 10.1 Å². The molecule has 2 amide bonds. The van der Waals surface area contributed by atoms with Crippen molar-refractivity contribution in [1.29, 1.82) is 0 Å². The number of anilines is 1. The molecule has 2 saturated carbocycles. The van der Waals surface area contributed by atoms with Gasteiger partial charge >= 0.3 is 11.8 Å². The third kappa shape index (κ3) is 3.08. The van der Waals surface area contributed by atoms with Gasteiger partial charge in [0.15, 0.2) is 0 Å². The number of carbonyl (C=O) groups excluding carboxylic acids is 2. The van der Waals surface area contributed by atoms with Crippen molar-refractivity contribution in [2.24, 2.45) is 17.8 Å². The van der Waals surface area contributed by atoms with E-state index in [1.165, 1.54) is 18.2 Å². The lowest BCUT2D eigenvalue weighted by Gasteiger charge is -2.30. The number of carbonyl (C=O) groups is 2. The van der Waals surface area contributed by atoms with Gasteiger partial charge in [-0.25, -0.2) is 4.39 Å². The SMILES string of the molecule is Cc1cc(NC(=O)C(=O)N[C@@H]2[C@H]3CC[C@@H](C3)[C@@H]2CO)ccc1F. The van der Waals surface area contributed by atoms with Crippen molar-refractivity contribution in [3.05, 3.63) is 29.6 Å². The Morgan fingerprint density at radius 1 is 1.26 bits per heavy atom. The van der Waals surface area contributed by atoms with E-state index in [0.29, 0.717) is 23.1 Å². The Morgan fingerprint density at radius 3 is 2.70 bits per heavy atom. The molecule has 124 valence electrons. The lowest BCUT2D eigenvalue weighted by molar-refractivity contribution is -0.137. The Morgan fingerprint density at radius 2 is 2.00 bits per heavy atom. The van der Waals surface area contributed by atoms with Crippen LogP contribution in [0.5, 0.6) is 0 Å². The van der Waals surface area contributed by atoms with Crippen molar-refractivity contribution in [2.75, 3.05) is 11.9 Å². The smallest absolute Gasteiger partial charge is 0.313 e. The summed E-state index contributed by atoms with van der Waals surface area (Å²) in [5.74, 6) is -1.00. The average molecular weight is 320 g/mol. The highest BCUT2D eigenvalue weighted by molar-refractivity contribution is 6.39. The molecule has 2 aliphatic carbocycles. The van der Waals surface area contributed by atoms with Crippen LogP contribution in [0.3, 0.4) is 0 Å². The molecular weight excluding hydrogens is 299 g/mol. The van der Waals surface area contributed by atoms with Crippen LogP contribution in [0.15, 0.2) is 18.2 Å². The van der Waals surface area contributed by atoms with Crippen LogP contribution in [0, 0.1) is 30.5 Å². The fraction of sp³-hybridized carbons (Fsp3) is 0.529. The Labute approximate surface area is 134 Å². The molecule has 0 heterocycles. The highest BCUT2D eigenvalue weighted by atomic mass is 19.1. The van der Waals surface area contributed by atoms with E-state index in [2.05, 4.69) is 10.6 Å². The molecule has 2 aliphatic rings. The van der Waals surface area contributed by atoms with Crippen molar-refractivity contribution >= 4 is 17.5 Å². The summed E-state index contributed by atoms with van der Waals surface area (Å²) in [6.45, 7) is 1.62. The van der Waals surface area contributed by atoms with Crippen molar-refractivity contribution in [3.8, 4) is 0 Å². The Bertz CT molecular complexity index is 634. The molecule has 1 aromatic carbocycles. The maximum absolute atomic E-state index is 13.2. The van der Waals surface area contributed by atoms with Gasteiger partial charge in [0.25, 0.3) is 0 Å². The first-order valence-corrected chi connectivity index (χ1v) is 7.98. The quantitative estimate of drug-likeness (QED) is 0.740. The number of aliphatic hydroxyl groups is 1. The van der Waals surface area contributed by atoms with Crippen molar-refractivity contribution in [1.82, 2.24) is 5.32 Å². The Kier molecular flexibility index (Phi) is 4.35. The van der Waals surface area contributed by atoms with Crippen LogP contribution in [0.2, 0.25) is 0 Å². The standard InChI is InChI=1S/C17H21FN2O3/c1-9-6-12(4-5-14(9)18)19-16(22)17(23)20-15-11-3-2-10(7-11)13(15)8-21/h4-6,10-11,13,15,21H,2-3,7-8H2,1H3,(H,19,22)(H,20,23)/t10-,11-,13-,15+/m0/s1. The molecule has 2 fully saturated rings. The van der Waals surface area contributed by atoms with Crippen LogP contribution < -0.4 is 10.6 Å². The highest BCUT2D eigenvalue weighted by Crippen LogP contribution is 2.48. The summed E-state index contributed by atoms with van der Waals surface area (Å²) in [5.41, 5.74) is 0.785. The molecule has 4 atom stereocenters. The molecule has 0 unspecified atom stereocenters. The summed E-state index contributed by atoms with van der Waals surface area (Å²) in [5, 5.41) is 14.8. The lowest BCUT2D eigenvalue weighted by Crippen LogP contribution is -2.48. The molecule has 2 bridgehead atoms. The molecule has 0 aromatic heterocycles. The van der Waals surface area contributed by atoms with Crippen LogP contribution in [0.1, 0.15) is 24.8 Å². The fourth-order valence-corrected chi connectivity index (χ4v) is 4.03. The molecule has 1 aromatic rings. The predicted molar refractivity (Wildman–Crippen MR) is 83.1 cm³/mol. The summed E-state index contributed by atoms with van der Waals surface area (Å²) in [4.78, 5) is 24.1. The number of aryl methyl sites for hydroxylation is 1. The van der Waals surface area contributed by atoms with Gasteiger partial charge in [-0.1, -0.05) is 0 Å². The zero-order valence-corrected chi connectivity index (χ0v) is 13.0. The normalized spacial score (nSPS) is 28.7. The van der Waals surface area contributed by atoms with Crippen LogP contribution in [-0.4, -0.2) is 29.6 Å². The number of amides is 2. The van der Waals surface area contributed by atoms with Gasteiger partial charge in [0.2, 0.25) is 0 Å². The van der Waals surface area contributed by atoms with E-state index in [-0.39, 0.29) is 24.4 Å². The number of fused-ring (bicyclic) bond motifs is 2. The first-order valence-electron chi connectivity index (χ1n) is 7.98. The summed E-state index contributed by atoms with van der Waals surface area (Å²) < 4.78 is 13.2. The topological polar surface area (TPSA) is 78.4 Å². The number of benzene rings is 1. The van der Waals surface area contributed by atoms with Gasteiger partial charge in [0.05, 0.1) is 0 Å².